The molecule has 0 radical (unpaired) electrons. The number of hydrogen-bond donors (Lipinski definition) is 1. The molecule has 1 saturated carbocycles. The predicted octanol–water partition coefficient (Wildman–Crippen LogP) is 3.70. The Morgan fingerprint density at radius 1 is 1.16 bits per heavy atom. The summed E-state index contributed by atoms with van der Waals surface area (Å²) in [6.45, 7) is 7.77. The van der Waals surface area contributed by atoms with Crippen molar-refractivity contribution in [3.8, 4) is 0 Å². The van der Waals surface area contributed by atoms with Crippen LogP contribution in [0.2, 0.25) is 0 Å². The van der Waals surface area contributed by atoms with E-state index in [9.17, 15) is 9.59 Å². The molecular formula is C15H26O4. The van der Waals surface area contributed by atoms with E-state index in [2.05, 4.69) is 20.4 Å². The fourth-order valence-electron chi connectivity index (χ4n) is 1.67. The van der Waals surface area contributed by atoms with Gasteiger partial charge in [0.2, 0.25) is 0 Å². The highest BCUT2D eigenvalue weighted by molar-refractivity contribution is 5.92. The van der Waals surface area contributed by atoms with Gasteiger partial charge in [0, 0.05) is 5.57 Å². The van der Waals surface area contributed by atoms with Crippen LogP contribution in [0.1, 0.15) is 65.2 Å². The molecule has 0 amide bonds. The number of hydrogen-bond acceptors (Lipinski definition) is 3. The summed E-state index contributed by atoms with van der Waals surface area (Å²) in [4.78, 5) is 21.7. The molecule has 1 aliphatic rings. The minimum absolute atomic E-state index is 0.0214. The van der Waals surface area contributed by atoms with Gasteiger partial charge in [-0.3, -0.25) is 4.79 Å². The highest BCUT2D eigenvalue weighted by atomic mass is 16.5. The fourth-order valence-corrected chi connectivity index (χ4v) is 1.67. The second-order valence-corrected chi connectivity index (χ2v) is 4.84. The molecule has 0 aliphatic heterocycles. The maximum atomic E-state index is 11.4. The van der Waals surface area contributed by atoms with Crippen LogP contribution in [0.4, 0.5) is 0 Å². The van der Waals surface area contributed by atoms with Gasteiger partial charge >= 0.3 is 11.9 Å². The number of carbonyl (C=O) groups excluding carboxylic acids is 1. The maximum absolute atomic E-state index is 11.4. The number of carbonyl (C=O) groups is 2. The van der Waals surface area contributed by atoms with Crippen LogP contribution >= 0.6 is 0 Å². The Morgan fingerprint density at radius 3 is 2.11 bits per heavy atom. The van der Waals surface area contributed by atoms with E-state index < -0.39 is 11.9 Å². The third kappa shape index (κ3) is 9.28. The van der Waals surface area contributed by atoms with Crippen LogP contribution in [0.5, 0.6) is 0 Å². The summed E-state index contributed by atoms with van der Waals surface area (Å²) in [7, 11) is 0. The molecule has 1 aliphatic carbocycles. The van der Waals surface area contributed by atoms with Crippen molar-refractivity contribution in [3.05, 3.63) is 12.2 Å². The molecule has 110 valence electrons. The van der Waals surface area contributed by atoms with Crippen LogP contribution in [0.3, 0.4) is 0 Å². The van der Waals surface area contributed by atoms with Crippen LogP contribution in [-0.2, 0) is 14.3 Å². The lowest BCUT2D eigenvalue weighted by atomic mass is 9.98. The summed E-state index contributed by atoms with van der Waals surface area (Å²) in [6.07, 6.45) is 7.34. The Balaban J connectivity index is 0.000000711. The van der Waals surface area contributed by atoms with Crippen LogP contribution < -0.4 is 0 Å². The Labute approximate surface area is 115 Å². The molecular weight excluding hydrogens is 244 g/mol. The second kappa shape index (κ2) is 10.6. The minimum atomic E-state index is -1.06. The van der Waals surface area contributed by atoms with Crippen molar-refractivity contribution in [3.63, 3.8) is 0 Å². The SMILES string of the molecule is C=C(CC(=O)O)C(=O)OC1CCCCC1.CCCC. The van der Waals surface area contributed by atoms with Crippen LogP contribution in [-0.4, -0.2) is 23.1 Å². The Kier molecular flexibility index (Phi) is 9.85. The monoisotopic (exact) mass is 270 g/mol. The molecule has 0 heterocycles. The molecule has 0 aromatic heterocycles. The van der Waals surface area contributed by atoms with Gasteiger partial charge in [-0.15, -0.1) is 0 Å². The number of carboxylic acids is 1. The summed E-state index contributed by atoms with van der Waals surface area (Å²) in [5.74, 6) is -1.62. The molecule has 0 spiro atoms. The predicted molar refractivity (Wildman–Crippen MR) is 74.9 cm³/mol. The van der Waals surface area contributed by atoms with E-state index in [1.165, 1.54) is 19.3 Å². The smallest absolute Gasteiger partial charge is 0.334 e. The van der Waals surface area contributed by atoms with Crippen molar-refractivity contribution in [2.45, 2.75) is 71.3 Å². The zero-order valence-electron chi connectivity index (χ0n) is 12.1. The normalized spacial score (nSPS) is 15.1. The van der Waals surface area contributed by atoms with Crippen molar-refractivity contribution in [1.82, 2.24) is 0 Å². The highest BCUT2D eigenvalue weighted by Gasteiger charge is 2.20. The van der Waals surface area contributed by atoms with E-state index in [0.717, 1.165) is 25.7 Å². The molecule has 0 bridgehead atoms. The van der Waals surface area contributed by atoms with Crippen molar-refractivity contribution in [1.29, 1.82) is 0 Å². The fraction of sp³-hybridized carbons (Fsp3) is 0.733. The van der Waals surface area contributed by atoms with E-state index in [1.54, 1.807) is 0 Å². The molecule has 1 N–H and O–H groups in total. The third-order valence-corrected chi connectivity index (χ3v) is 2.98. The molecule has 1 fully saturated rings. The van der Waals surface area contributed by atoms with E-state index in [4.69, 9.17) is 9.84 Å². The lowest BCUT2D eigenvalue weighted by Crippen LogP contribution is -2.22. The van der Waals surface area contributed by atoms with Gasteiger partial charge in [-0.05, 0) is 25.7 Å². The molecule has 19 heavy (non-hydrogen) atoms. The Morgan fingerprint density at radius 2 is 1.68 bits per heavy atom. The quantitative estimate of drug-likeness (QED) is 0.611. The molecule has 4 heteroatoms. The van der Waals surface area contributed by atoms with Crippen molar-refractivity contribution in [2.24, 2.45) is 0 Å². The van der Waals surface area contributed by atoms with E-state index in [0.29, 0.717) is 0 Å². The lowest BCUT2D eigenvalue weighted by molar-refractivity contribution is -0.147. The van der Waals surface area contributed by atoms with E-state index in [1.807, 2.05) is 0 Å². The Hall–Kier alpha value is -1.32. The van der Waals surface area contributed by atoms with Gasteiger partial charge in [-0.2, -0.15) is 0 Å². The summed E-state index contributed by atoms with van der Waals surface area (Å²) in [5, 5.41) is 8.47. The molecule has 1 rings (SSSR count). The molecule has 0 atom stereocenters. The molecule has 0 saturated heterocycles. The van der Waals surface area contributed by atoms with Crippen molar-refractivity contribution in [2.75, 3.05) is 0 Å². The first-order valence-electron chi connectivity index (χ1n) is 7.11. The number of ether oxygens (including phenoxy) is 1. The number of rotatable bonds is 5. The average molecular weight is 270 g/mol. The molecule has 0 aromatic rings. The highest BCUT2D eigenvalue weighted by Crippen LogP contribution is 2.21. The van der Waals surface area contributed by atoms with E-state index in [-0.39, 0.29) is 18.1 Å². The van der Waals surface area contributed by atoms with Gasteiger partial charge < -0.3 is 9.84 Å². The first-order chi connectivity index (χ1) is 9.01. The second-order valence-electron chi connectivity index (χ2n) is 4.84. The molecule has 0 unspecified atom stereocenters. The first kappa shape index (κ1) is 17.7. The maximum Gasteiger partial charge on any atom is 0.334 e. The zero-order chi connectivity index (χ0) is 14.7. The first-order valence-corrected chi connectivity index (χ1v) is 7.11. The van der Waals surface area contributed by atoms with Crippen LogP contribution in [0.15, 0.2) is 12.2 Å². The zero-order valence-corrected chi connectivity index (χ0v) is 12.1. The number of unbranched alkanes of at least 4 members (excludes halogenated alkanes) is 1. The standard InChI is InChI=1S/C11H16O4.C4H10/c1-8(7-10(12)13)11(14)15-9-5-3-2-4-6-9;1-3-4-2/h9H,1-7H2,(H,12,13);3-4H2,1-2H3. The van der Waals surface area contributed by atoms with E-state index >= 15 is 0 Å². The lowest BCUT2D eigenvalue weighted by Gasteiger charge is -2.21. The van der Waals surface area contributed by atoms with Gasteiger partial charge in [0.05, 0.1) is 6.42 Å². The summed E-state index contributed by atoms with van der Waals surface area (Å²) >= 11 is 0. The summed E-state index contributed by atoms with van der Waals surface area (Å²) in [5.41, 5.74) is 0.0214. The van der Waals surface area contributed by atoms with Gasteiger partial charge in [-0.1, -0.05) is 39.7 Å². The summed E-state index contributed by atoms with van der Waals surface area (Å²) < 4.78 is 5.15. The summed E-state index contributed by atoms with van der Waals surface area (Å²) in [6, 6.07) is 0. The topological polar surface area (TPSA) is 63.6 Å². The van der Waals surface area contributed by atoms with Crippen LogP contribution in [0, 0.1) is 0 Å². The number of carboxylic acid groups (broad SMARTS) is 1. The van der Waals surface area contributed by atoms with Gasteiger partial charge in [0.1, 0.15) is 6.10 Å². The average Bonchev–Trinajstić information content (AvgIpc) is 2.39. The largest absolute Gasteiger partial charge is 0.481 e. The minimum Gasteiger partial charge on any atom is -0.481 e. The third-order valence-electron chi connectivity index (χ3n) is 2.98. The number of aliphatic carboxylic acids is 1. The molecule has 0 aromatic carbocycles. The van der Waals surface area contributed by atoms with Gasteiger partial charge in [0.15, 0.2) is 0 Å². The Bertz CT molecular complexity index is 289. The molecule has 4 nitrogen and oxygen atoms in total. The van der Waals surface area contributed by atoms with Gasteiger partial charge in [-0.25, -0.2) is 4.79 Å². The number of esters is 1. The van der Waals surface area contributed by atoms with Crippen molar-refractivity contribution < 1.29 is 19.4 Å². The van der Waals surface area contributed by atoms with Crippen molar-refractivity contribution >= 4 is 11.9 Å². The van der Waals surface area contributed by atoms with Crippen LogP contribution in [0.25, 0.3) is 0 Å². The van der Waals surface area contributed by atoms with Gasteiger partial charge in [0.25, 0.3) is 0 Å².